The summed E-state index contributed by atoms with van der Waals surface area (Å²) in [6, 6.07) is 0. The van der Waals surface area contributed by atoms with E-state index in [-0.39, 0.29) is 11.8 Å². The smallest absolute Gasteiger partial charge is 0.303 e. The van der Waals surface area contributed by atoms with Gasteiger partial charge in [0.2, 0.25) is 0 Å². The van der Waals surface area contributed by atoms with Crippen molar-refractivity contribution in [3.63, 3.8) is 0 Å². The van der Waals surface area contributed by atoms with Crippen LogP contribution in [0.15, 0.2) is 0 Å². The topological polar surface area (TPSA) is 43.4 Å². The van der Waals surface area contributed by atoms with Gasteiger partial charge in [0.05, 0.1) is 0 Å². The van der Waals surface area contributed by atoms with Crippen molar-refractivity contribution in [3.8, 4) is 0 Å². The molecule has 3 nitrogen and oxygen atoms in total. The van der Waals surface area contributed by atoms with Crippen LogP contribution in [0.4, 0.5) is 0 Å². The van der Waals surface area contributed by atoms with Crippen molar-refractivity contribution in [1.29, 1.82) is 0 Å². The number of carbonyl (C=O) groups is 2. The number of unbranched alkanes of at least 4 members (excludes halogenated alkanes) is 7. The third-order valence-corrected chi connectivity index (χ3v) is 3.07. The van der Waals surface area contributed by atoms with Gasteiger partial charge in [-0.1, -0.05) is 51.9 Å². The van der Waals surface area contributed by atoms with Crippen LogP contribution >= 0.6 is 0 Å². The molecule has 0 aliphatic rings. The van der Waals surface area contributed by atoms with Gasteiger partial charge in [0.1, 0.15) is 0 Å². The highest BCUT2D eigenvalue weighted by atomic mass is 16.5. The second kappa shape index (κ2) is 11.2. The Balaban J connectivity index is 3.37. The van der Waals surface area contributed by atoms with Crippen LogP contribution in [0, 0.1) is 0 Å². The number of esters is 1. The minimum Gasteiger partial charge on any atom is -0.455 e. The van der Waals surface area contributed by atoms with Crippen molar-refractivity contribution < 1.29 is 14.3 Å². The summed E-state index contributed by atoms with van der Waals surface area (Å²) < 4.78 is 4.85. The SMILES string of the molecule is CCCCCCCCCCC(=O)[C@H](C)OC(C)=O. The second-order valence-electron chi connectivity index (χ2n) is 4.94. The highest BCUT2D eigenvalue weighted by Gasteiger charge is 2.14. The molecule has 0 spiro atoms. The lowest BCUT2D eigenvalue weighted by molar-refractivity contribution is -0.151. The van der Waals surface area contributed by atoms with Gasteiger partial charge < -0.3 is 4.74 Å². The van der Waals surface area contributed by atoms with Crippen LogP contribution in [-0.2, 0) is 14.3 Å². The minimum atomic E-state index is -0.577. The van der Waals surface area contributed by atoms with E-state index in [9.17, 15) is 9.59 Å². The Hall–Kier alpha value is -0.860. The Morgan fingerprint density at radius 1 is 0.944 bits per heavy atom. The first-order valence-corrected chi connectivity index (χ1v) is 7.27. The maximum absolute atomic E-state index is 11.6. The third kappa shape index (κ3) is 10.3. The van der Waals surface area contributed by atoms with Gasteiger partial charge in [-0.15, -0.1) is 0 Å². The molecule has 0 rings (SSSR count). The Labute approximate surface area is 111 Å². The van der Waals surface area contributed by atoms with E-state index in [1.54, 1.807) is 6.92 Å². The molecule has 1 atom stereocenters. The molecular weight excluding hydrogens is 228 g/mol. The van der Waals surface area contributed by atoms with Crippen molar-refractivity contribution in [2.24, 2.45) is 0 Å². The summed E-state index contributed by atoms with van der Waals surface area (Å²) in [7, 11) is 0. The van der Waals surface area contributed by atoms with Crippen molar-refractivity contribution in [3.05, 3.63) is 0 Å². The van der Waals surface area contributed by atoms with Gasteiger partial charge in [-0.25, -0.2) is 0 Å². The summed E-state index contributed by atoms with van der Waals surface area (Å²) in [5, 5.41) is 0. The molecule has 0 aromatic rings. The molecule has 18 heavy (non-hydrogen) atoms. The number of Topliss-reactive ketones (excluding diaryl/α,β-unsaturated/α-hetero) is 1. The Morgan fingerprint density at radius 2 is 1.44 bits per heavy atom. The third-order valence-electron chi connectivity index (χ3n) is 3.07. The molecular formula is C15H28O3. The Morgan fingerprint density at radius 3 is 1.94 bits per heavy atom. The lowest BCUT2D eigenvalue weighted by atomic mass is 10.0. The number of hydrogen-bond acceptors (Lipinski definition) is 3. The average molecular weight is 256 g/mol. The summed E-state index contributed by atoms with van der Waals surface area (Å²) >= 11 is 0. The zero-order valence-electron chi connectivity index (χ0n) is 12.2. The molecule has 0 aromatic carbocycles. The number of ketones is 1. The largest absolute Gasteiger partial charge is 0.455 e. The monoisotopic (exact) mass is 256 g/mol. The van der Waals surface area contributed by atoms with E-state index >= 15 is 0 Å². The number of hydrogen-bond donors (Lipinski definition) is 0. The zero-order chi connectivity index (χ0) is 13.8. The van der Waals surface area contributed by atoms with Crippen molar-refractivity contribution in [2.45, 2.75) is 84.7 Å². The van der Waals surface area contributed by atoms with Gasteiger partial charge in [0.25, 0.3) is 0 Å². The van der Waals surface area contributed by atoms with E-state index < -0.39 is 6.10 Å². The van der Waals surface area contributed by atoms with Crippen LogP contribution in [0.1, 0.15) is 78.6 Å². The molecule has 0 radical (unpaired) electrons. The fourth-order valence-corrected chi connectivity index (χ4v) is 1.95. The van der Waals surface area contributed by atoms with E-state index in [1.165, 1.54) is 45.4 Å². The highest BCUT2D eigenvalue weighted by Crippen LogP contribution is 2.10. The first-order chi connectivity index (χ1) is 8.57. The van der Waals surface area contributed by atoms with E-state index in [2.05, 4.69) is 6.92 Å². The fourth-order valence-electron chi connectivity index (χ4n) is 1.95. The fraction of sp³-hybridized carbons (Fsp3) is 0.867. The molecule has 106 valence electrons. The number of ether oxygens (including phenoxy) is 1. The second-order valence-corrected chi connectivity index (χ2v) is 4.94. The first kappa shape index (κ1) is 17.1. The molecule has 0 bridgehead atoms. The molecule has 0 aromatic heterocycles. The van der Waals surface area contributed by atoms with E-state index in [1.807, 2.05) is 0 Å². The maximum atomic E-state index is 11.6. The molecule has 0 fully saturated rings. The van der Waals surface area contributed by atoms with Gasteiger partial charge >= 0.3 is 5.97 Å². The normalized spacial score (nSPS) is 12.2. The first-order valence-electron chi connectivity index (χ1n) is 7.27. The molecule has 0 aliphatic heterocycles. The molecule has 0 saturated heterocycles. The van der Waals surface area contributed by atoms with Crippen LogP contribution in [0.3, 0.4) is 0 Å². The number of rotatable bonds is 11. The lowest BCUT2D eigenvalue weighted by Gasteiger charge is -2.10. The molecule has 0 unspecified atom stereocenters. The molecule has 0 N–H and O–H groups in total. The van der Waals surface area contributed by atoms with Gasteiger partial charge in [0, 0.05) is 13.3 Å². The van der Waals surface area contributed by atoms with Gasteiger partial charge in [0.15, 0.2) is 11.9 Å². The Bertz CT molecular complexity index is 236. The van der Waals surface area contributed by atoms with Gasteiger partial charge in [-0.3, -0.25) is 9.59 Å². The maximum Gasteiger partial charge on any atom is 0.303 e. The summed E-state index contributed by atoms with van der Waals surface area (Å²) in [4.78, 5) is 22.3. The summed E-state index contributed by atoms with van der Waals surface area (Å²) in [5.74, 6) is -0.344. The van der Waals surface area contributed by atoms with Crippen molar-refractivity contribution >= 4 is 11.8 Å². The lowest BCUT2D eigenvalue weighted by Crippen LogP contribution is -2.22. The molecule has 0 amide bonds. The average Bonchev–Trinajstić information content (AvgIpc) is 2.31. The van der Waals surface area contributed by atoms with E-state index in [0.717, 1.165) is 12.8 Å². The standard InChI is InChI=1S/C15H28O3/c1-4-5-6-7-8-9-10-11-12-15(17)13(2)18-14(3)16/h13H,4-12H2,1-3H3/t13-/m0/s1. The number of carbonyl (C=O) groups excluding carboxylic acids is 2. The Kier molecular flexibility index (Phi) is 10.7. The summed E-state index contributed by atoms with van der Waals surface area (Å²) in [5.41, 5.74) is 0. The predicted octanol–water partition coefficient (Wildman–Crippen LogP) is 4.04. The molecule has 3 heteroatoms. The van der Waals surface area contributed by atoms with Crippen LogP contribution in [-0.4, -0.2) is 17.9 Å². The highest BCUT2D eigenvalue weighted by molar-refractivity contribution is 5.84. The zero-order valence-corrected chi connectivity index (χ0v) is 12.2. The van der Waals surface area contributed by atoms with E-state index in [0.29, 0.717) is 6.42 Å². The van der Waals surface area contributed by atoms with Crippen molar-refractivity contribution in [2.75, 3.05) is 0 Å². The van der Waals surface area contributed by atoms with E-state index in [4.69, 9.17) is 4.74 Å². The van der Waals surface area contributed by atoms with Crippen LogP contribution < -0.4 is 0 Å². The van der Waals surface area contributed by atoms with Crippen LogP contribution in [0.2, 0.25) is 0 Å². The quantitative estimate of drug-likeness (QED) is 0.414. The van der Waals surface area contributed by atoms with Gasteiger partial charge in [-0.2, -0.15) is 0 Å². The molecule has 0 aliphatic carbocycles. The van der Waals surface area contributed by atoms with Crippen LogP contribution in [0.5, 0.6) is 0 Å². The predicted molar refractivity (Wildman–Crippen MR) is 73.5 cm³/mol. The van der Waals surface area contributed by atoms with Gasteiger partial charge in [-0.05, 0) is 13.3 Å². The minimum absolute atomic E-state index is 0.0381. The summed E-state index contributed by atoms with van der Waals surface area (Å²) in [6.07, 6.45) is 9.71. The molecule has 0 saturated carbocycles. The van der Waals surface area contributed by atoms with Crippen LogP contribution in [0.25, 0.3) is 0 Å². The molecule has 0 heterocycles. The summed E-state index contributed by atoms with van der Waals surface area (Å²) in [6.45, 7) is 5.20. The van der Waals surface area contributed by atoms with Crippen molar-refractivity contribution in [1.82, 2.24) is 0 Å².